The van der Waals surface area contributed by atoms with Crippen molar-refractivity contribution >= 4 is 11.8 Å². The number of hydroxylamine groups is 2. The van der Waals surface area contributed by atoms with E-state index in [4.69, 9.17) is 10.2 Å². The molecule has 0 aromatic heterocycles. The number of hydrogen-bond donors (Lipinski definition) is 1. The maximum atomic E-state index is 11.7. The molecule has 4 nitrogen and oxygen atoms in total. The molecule has 0 heterocycles. The lowest BCUT2D eigenvalue weighted by Gasteiger charge is -2.17. The van der Waals surface area contributed by atoms with E-state index in [1.807, 2.05) is 6.07 Å². The van der Waals surface area contributed by atoms with Gasteiger partial charge in [0.25, 0.3) is 5.91 Å². The lowest BCUT2D eigenvalue weighted by Crippen LogP contribution is -2.29. The van der Waals surface area contributed by atoms with Gasteiger partial charge in [0.2, 0.25) is 5.90 Å². The predicted octanol–water partition coefficient (Wildman–Crippen LogP) is 2.08. The van der Waals surface area contributed by atoms with Gasteiger partial charge in [-0.25, -0.2) is 0 Å². The summed E-state index contributed by atoms with van der Waals surface area (Å²) in [6.07, 6.45) is 0.465. The normalized spacial score (nSPS) is 9.47. The van der Waals surface area contributed by atoms with E-state index in [9.17, 15) is 4.79 Å². The third-order valence-electron chi connectivity index (χ3n) is 1.87. The fraction of sp³-hybridized carbons (Fsp3) is 0.273. The quantitative estimate of drug-likeness (QED) is 0.457. The van der Waals surface area contributed by atoms with Gasteiger partial charge in [-0.2, -0.15) is 5.06 Å². The second kappa shape index (κ2) is 5.14. The molecule has 15 heavy (non-hydrogen) atoms. The smallest absolute Gasteiger partial charge is 0.286 e. The molecule has 1 amide bonds. The Labute approximate surface area is 88.9 Å². The number of carbonyl (C=O) groups excluding carboxylic acids is 1. The van der Waals surface area contributed by atoms with Crippen LogP contribution in [-0.2, 0) is 4.84 Å². The van der Waals surface area contributed by atoms with Crippen molar-refractivity contribution in [3.05, 3.63) is 35.9 Å². The molecular formula is C11H14N2O2. The molecule has 1 aromatic carbocycles. The summed E-state index contributed by atoms with van der Waals surface area (Å²) in [6, 6.07) is 8.82. The fourth-order valence-corrected chi connectivity index (χ4v) is 1.03. The summed E-state index contributed by atoms with van der Waals surface area (Å²) < 4.78 is 0. The third kappa shape index (κ3) is 3.09. The Morgan fingerprint density at radius 3 is 2.53 bits per heavy atom. The van der Waals surface area contributed by atoms with Crippen molar-refractivity contribution in [2.24, 2.45) is 0 Å². The van der Waals surface area contributed by atoms with E-state index in [0.717, 1.165) is 5.06 Å². The zero-order valence-corrected chi connectivity index (χ0v) is 8.86. The number of amides is 1. The molecule has 0 aliphatic carbocycles. The maximum absolute atomic E-state index is 11.7. The molecule has 0 aliphatic heterocycles. The molecule has 1 N–H and O–H groups in total. The minimum Gasteiger partial charge on any atom is -0.362 e. The average Bonchev–Trinajstić information content (AvgIpc) is 2.29. The number of benzene rings is 1. The molecular weight excluding hydrogens is 192 g/mol. The molecule has 0 bridgehead atoms. The molecule has 4 heteroatoms. The molecule has 0 spiro atoms. The number of nitrogens with one attached hydrogen (secondary N) is 1. The van der Waals surface area contributed by atoms with Crippen LogP contribution in [0.5, 0.6) is 0 Å². The van der Waals surface area contributed by atoms with E-state index in [-0.39, 0.29) is 11.8 Å². The number of hydrogen-bond acceptors (Lipinski definition) is 3. The molecule has 0 unspecified atom stereocenters. The van der Waals surface area contributed by atoms with Crippen LogP contribution >= 0.6 is 0 Å². The van der Waals surface area contributed by atoms with Crippen molar-refractivity contribution in [2.75, 3.05) is 7.05 Å². The summed E-state index contributed by atoms with van der Waals surface area (Å²) in [7, 11) is 1.50. The SMILES string of the molecule is CCC(=N)ON(C)C(=O)c1ccccc1. The Hall–Kier alpha value is -1.84. The van der Waals surface area contributed by atoms with E-state index < -0.39 is 0 Å². The van der Waals surface area contributed by atoms with Crippen LogP contribution in [0.2, 0.25) is 0 Å². The highest BCUT2D eigenvalue weighted by atomic mass is 16.7. The molecule has 0 saturated carbocycles. The molecule has 1 aromatic rings. The predicted molar refractivity (Wildman–Crippen MR) is 57.6 cm³/mol. The molecule has 0 aliphatic rings. The monoisotopic (exact) mass is 206 g/mol. The van der Waals surface area contributed by atoms with E-state index in [1.165, 1.54) is 7.05 Å². The highest BCUT2D eigenvalue weighted by Gasteiger charge is 2.13. The van der Waals surface area contributed by atoms with Crippen LogP contribution in [0.15, 0.2) is 30.3 Å². The van der Waals surface area contributed by atoms with Gasteiger partial charge in [-0.1, -0.05) is 25.1 Å². The first-order valence-corrected chi connectivity index (χ1v) is 4.73. The second-order valence-electron chi connectivity index (χ2n) is 3.04. The summed E-state index contributed by atoms with van der Waals surface area (Å²) in [5, 5.41) is 8.38. The van der Waals surface area contributed by atoms with E-state index in [1.54, 1.807) is 31.2 Å². The van der Waals surface area contributed by atoms with Crippen molar-refractivity contribution in [3.63, 3.8) is 0 Å². The number of nitrogens with zero attached hydrogens (tertiary/aromatic N) is 1. The minimum absolute atomic E-state index is 0.0711. The molecule has 1 rings (SSSR count). The Morgan fingerprint density at radius 1 is 1.40 bits per heavy atom. The largest absolute Gasteiger partial charge is 0.362 e. The lowest BCUT2D eigenvalue weighted by molar-refractivity contribution is -0.0271. The zero-order valence-electron chi connectivity index (χ0n) is 8.86. The average molecular weight is 206 g/mol. The minimum atomic E-state index is -0.256. The topological polar surface area (TPSA) is 53.4 Å². The van der Waals surface area contributed by atoms with Gasteiger partial charge >= 0.3 is 0 Å². The lowest BCUT2D eigenvalue weighted by atomic mass is 10.2. The zero-order chi connectivity index (χ0) is 11.3. The van der Waals surface area contributed by atoms with Gasteiger partial charge in [-0.05, 0) is 12.1 Å². The van der Waals surface area contributed by atoms with Crippen LogP contribution < -0.4 is 0 Å². The summed E-state index contributed by atoms with van der Waals surface area (Å²) in [4.78, 5) is 16.7. The molecule has 0 atom stereocenters. The summed E-state index contributed by atoms with van der Waals surface area (Å²) in [5.74, 6) is -0.185. The van der Waals surface area contributed by atoms with Gasteiger partial charge in [0.1, 0.15) is 0 Å². The van der Waals surface area contributed by atoms with E-state index in [2.05, 4.69) is 0 Å². The van der Waals surface area contributed by atoms with Crippen LogP contribution in [0.3, 0.4) is 0 Å². The van der Waals surface area contributed by atoms with Gasteiger partial charge in [-0.15, -0.1) is 0 Å². The van der Waals surface area contributed by atoms with Crippen LogP contribution in [0, 0.1) is 5.41 Å². The summed E-state index contributed by atoms with van der Waals surface area (Å²) in [6.45, 7) is 1.79. The van der Waals surface area contributed by atoms with Gasteiger partial charge in [0.15, 0.2) is 0 Å². The van der Waals surface area contributed by atoms with Crippen molar-refractivity contribution in [1.82, 2.24) is 5.06 Å². The maximum Gasteiger partial charge on any atom is 0.286 e. The molecule has 0 radical (unpaired) electrons. The summed E-state index contributed by atoms with van der Waals surface area (Å²) in [5.41, 5.74) is 0.545. The van der Waals surface area contributed by atoms with Crippen LogP contribution in [0.25, 0.3) is 0 Å². The van der Waals surface area contributed by atoms with Crippen molar-refractivity contribution in [2.45, 2.75) is 13.3 Å². The molecule has 0 saturated heterocycles. The van der Waals surface area contributed by atoms with Gasteiger partial charge in [0.05, 0.1) is 0 Å². The second-order valence-corrected chi connectivity index (χ2v) is 3.04. The first-order chi connectivity index (χ1) is 7.15. The highest BCUT2D eigenvalue weighted by Crippen LogP contribution is 2.03. The van der Waals surface area contributed by atoms with Crippen LogP contribution in [-0.4, -0.2) is 23.9 Å². The Balaban J connectivity index is 2.65. The Morgan fingerprint density at radius 2 is 2.00 bits per heavy atom. The first kappa shape index (κ1) is 11.2. The Bertz CT molecular complexity index is 349. The van der Waals surface area contributed by atoms with E-state index >= 15 is 0 Å². The first-order valence-electron chi connectivity index (χ1n) is 4.73. The van der Waals surface area contributed by atoms with E-state index in [0.29, 0.717) is 12.0 Å². The Kier molecular flexibility index (Phi) is 3.85. The highest BCUT2D eigenvalue weighted by molar-refractivity contribution is 5.94. The standard InChI is InChI=1S/C11H14N2O2/c1-3-10(12)15-13(2)11(14)9-7-5-4-6-8-9/h4-8,12H,3H2,1-2H3. The van der Waals surface area contributed by atoms with Gasteiger partial charge < -0.3 is 4.84 Å². The third-order valence-corrected chi connectivity index (χ3v) is 1.87. The fourth-order valence-electron chi connectivity index (χ4n) is 1.03. The van der Waals surface area contributed by atoms with Gasteiger partial charge in [-0.3, -0.25) is 10.2 Å². The van der Waals surface area contributed by atoms with Crippen LogP contribution in [0.1, 0.15) is 23.7 Å². The van der Waals surface area contributed by atoms with Gasteiger partial charge in [0, 0.05) is 19.0 Å². The summed E-state index contributed by atoms with van der Waals surface area (Å²) >= 11 is 0. The van der Waals surface area contributed by atoms with Crippen molar-refractivity contribution in [1.29, 1.82) is 5.41 Å². The number of rotatable bonds is 2. The van der Waals surface area contributed by atoms with Crippen LogP contribution in [0.4, 0.5) is 0 Å². The van der Waals surface area contributed by atoms with Crippen molar-refractivity contribution in [3.8, 4) is 0 Å². The van der Waals surface area contributed by atoms with Crippen molar-refractivity contribution < 1.29 is 9.63 Å². The number of carbonyl (C=O) groups is 1. The molecule has 0 fully saturated rings. The molecule has 80 valence electrons.